The van der Waals surface area contributed by atoms with Crippen molar-refractivity contribution < 1.29 is 4.74 Å². The van der Waals surface area contributed by atoms with Gasteiger partial charge in [0.15, 0.2) is 0 Å². The summed E-state index contributed by atoms with van der Waals surface area (Å²) in [4.78, 5) is 0. The van der Waals surface area contributed by atoms with Crippen LogP contribution in [0.4, 0.5) is 0 Å². The first-order valence-corrected chi connectivity index (χ1v) is 6.79. The minimum absolute atomic E-state index is 0. The van der Waals surface area contributed by atoms with Crippen molar-refractivity contribution in [1.29, 1.82) is 0 Å². The summed E-state index contributed by atoms with van der Waals surface area (Å²) in [6, 6.07) is 6.06. The molecule has 102 valence electrons. The summed E-state index contributed by atoms with van der Waals surface area (Å²) >= 11 is 6.19. The minimum Gasteiger partial charge on any atom is -0.492 e. The molecular formula is C14H21Cl2NO. The average Bonchev–Trinajstić information content (AvgIpc) is 2.38. The normalized spacial score (nSPS) is 19.1. The Labute approximate surface area is 120 Å². The van der Waals surface area contributed by atoms with Crippen LogP contribution in [0.15, 0.2) is 18.2 Å². The maximum Gasteiger partial charge on any atom is 0.137 e. The highest BCUT2D eigenvalue weighted by Crippen LogP contribution is 2.26. The lowest BCUT2D eigenvalue weighted by molar-refractivity contribution is 0.218. The van der Waals surface area contributed by atoms with E-state index in [4.69, 9.17) is 16.3 Å². The first-order valence-electron chi connectivity index (χ1n) is 6.41. The van der Waals surface area contributed by atoms with Crippen molar-refractivity contribution in [2.75, 3.05) is 19.7 Å². The van der Waals surface area contributed by atoms with Gasteiger partial charge < -0.3 is 10.1 Å². The molecule has 0 bridgehead atoms. The van der Waals surface area contributed by atoms with Crippen LogP contribution < -0.4 is 10.1 Å². The van der Waals surface area contributed by atoms with Gasteiger partial charge in [0.1, 0.15) is 5.75 Å². The summed E-state index contributed by atoms with van der Waals surface area (Å²) in [5.74, 6) is 1.43. The molecule has 0 spiro atoms. The predicted octanol–water partition coefficient (Wildman–Crippen LogP) is 3.70. The van der Waals surface area contributed by atoms with Crippen LogP contribution >= 0.6 is 24.0 Å². The fourth-order valence-electron chi connectivity index (χ4n) is 2.16. The van der Waals surface area contributed by atoms with Gasteiger partial charge in [-0.25, -0.2) is 0 Å². The van der Waals surface area contributed by atoms with Crippen LogP contribution in [0.2, 0.25) is 5.02 Å². The third-order valence-corrected chi connectivity index (χ3v) is 3.57. The molecule has 1 aromatic carbocycles. The quantitative estimate of drug-likeness (QED) is 0.913. The van der Waals surface area contributed by atoms with E-state index < -0.39 is 0 Å². The number of nitrogens with one attached hydrogen (secondary N) is 1. The summed E-state index contributed by atoms with van der Waals surface area (Å²) in [6.07, 6.45) is 3.50. The van der Waals surface area contributed by atoms with Gasteiger partial charge in [0, 0.05) is 12.5 Å². The molecule has 0 aliphatic carbocycles. The highest BCUT2D eigenvalue weighted by molar-refractivity contribution is 6.32. The van der Waals surface area contributed by atoms with Crippen LogP contribution in [0.3, 0.4) is 0 Å². The minimum atomic E-state index is 0. The molecule has 1 aromatic rings. The summed E-state index contributed by atoms with van der Waals surface area (Å²) < 4.78 is 5.80. The Bertz CT molecular complexity index is 365. The van der Waals surface area contributed by atoms with Crippen LogP contribution in [0.5, 0.6) is 5.75 Å². The van der Waals surface area contributed by atoms with Crippen LogP contribution in [0.25, 0.3) is 0 Å². The molecule has 1 N–H and O–H groups in total. The zero-order valence-corrected chi connectivity index (χ0v) is 12.3. The van der Waals surface area contributed by atoms with Gasteiger partial charge in [-0.3, -0.25) is 0 Å². The molecule has 4 heteroatoms. The Morgan fingerprint density at radius 3 is 2.89 bits per heavy atom. The first kappa shape index (κ1) is 15.6. The van der Waals surface area contributed by atoms with Gasteiger partial charge in [-0.1, -0.05) is 24.6 Å². The third kappa shape index (κ3) is 4.34. The maximum atomic E-state index is 6.19. The maximum absolute atomic E-state index is 6.19. The second-order valence-electron chi connectivity index (χ2n) is 4.64. The molecule has 0 aromatic heterocycles. The number of hydrogen-bond acceptors (Lipinski definition) is 2. The molecule has 0 amide bonds. The number of rotatable bonds is 4. The van der Waals surface area contributed by atoms with E-state index in [2.05, 4.69) is 18.3 Å². The fraction of sp³-hybridized carbons (Fsp3) is 0.571. The van der Waals surface area contributed by atoms with Gasteiger partial charge >= 0.3 is 0 Å². The lowest BCUT2D eigenvalue weighted by Gasteiger charge is -2.23. The van der Waals surface area contributed by atoms with Crippen molar-refractivity contribution in [1.82, 2.24) is 5.32 Å². The highest BCUT2D eigenvalue weighted by Gasteiger charge is 2.14. The van der Waals surface area contributed by atoms with E-state index in [-0.39, 0.29) is 12.4 Å². The smallest absolute Gasteiger partial charge is 0.137 e. The number of piperidine rings is 1. The molecule has 1 fully saturated rings. The summed E-state index contributed by atoms with van der Waals surface area (Å²) in [7, 11) is 0. The molecule has 0 saturated carbocycles. The first-order chi connectivity index (χ1) is 8.29. The third-order valence-electron chi connectivity index (χ3n) is 3.28. The Morgan fingerprint density at radius 2 is 2.28 bits per heavy atom. The molecule has 1 atom stereocenters. The number of hydrogen-bond donors (Lipinski definition) is 1. The second kappa shape index (κ2) is 7.88. The molecule has 2 nitrogen and oxygen atoms in total. The topological polar surface area (TPSA) is 21.3 Å². The van der Waals surface area contributed by atoms with Crippen LogP contribution in [0.1, 0.15) is 25.3 Å². The largest absolute Gasteiger partial charge is 0.492 e. The SMILES string of the molecule is CCc1ccc(OCC2CCCNC2)c(Cl)c1.Cl. The van der Waals surface area contributed by atoms with E-state index in [0.29, 0.717) is 5.92 Å². The molecule has 1 unspecified atom stereocenters. The van der Waals surface area contributed by atoms with E-state index in [1.807, 2.05) is 12.1 Å². The van der Waals surface area contributed by atoms with Crippen LogP contribution in [0, 0.1) is 5.92 Å². The van der Waals surface area contributed by atoms with Crippen molar-refractivity contribution in [3.05, 3.63) is 28.8 Å². The van der Waals surface area contributed by atoms with Crippen molar-refractivity contribution in [3.63, 3.8) is 0 Å². The van der Waals surface area contributed by atoms with E-state index in [0.717, 1.165) is 36.9 Å². The molecule has 1 aliphatic heterocycles. The number of aryl methyl sites for hydroxylation is 1. The lowest BCUT2D eigenvalue weighted by Crippen LogP contribution is -2.33. The van der Waals surface area contributed by atoms with E-state index in [1.165, 1.54) is 18.4 Å². The van der Waals surface area contributed by atoms with E-state index >= 15 is 0 Å². The van der Waals surface area contributed by atoms with Crippen molar-refractivity contribution >= 4 is 24.0 Å². The Morgan fingerprint density at radius 1 is 1.44 bits per heavy atom. The van der Waals surface area contributed by atoms with Gasteiger partial charge in [0.2, 0.25) is 0 Å². The number of ether oxygens (including phenoxy) is 1. The molecule has 1 aliphatic rings. The van der Waals surface area contributed by atoms with Gasteiger partial charge in [-0.15, -0.1) is 12.4 Å². The Hall–Kier alpha value is -0.440. The Balaban J connectivity index is 0.00000162. The van der Waals surface area contributed by atoms with Gasteiger partial charge in [0.25, 0.3) is 0 Å². The van der Waals surface area contributed by atoms with Gasteiger partial charge in [0.05, 0.1) is 11.6 Å². The van der Waals surface area contributed by atoms with Crippen LogP contribution in [-0.4, -0.2) is 19.7 Å². The summed E-state index contributed by atoms with van der Waals surface area (Å²) in [5.41, 5.74) is 1.25. The van der Waals surface area contributed by atoms with Crippen molar-refractivity contribution in [2.24, 2.45) is 5.92 Å². The summed E-state index contributed by atoms with van der Waals surface area (Å²) in [5, 5.41) is 4.12. The highest BCUT2D eigenvalue weighted by atomic mass is 35.5. The number of benzene rings is 1. The Kier molecular flexibility index (Phi) is 6.83. The second-order valence-corrected chi connectivity index (χ2v) is 5.05. The zero-order chi connectivity index (χ0) is 12.1. The lowest BCUT2D eigenvalue weighted by atomic mass is 10.0. The van der Waals surface area contributed by atoms with E-state index in [9.17, 15) is 0 Å². The molecule has 0 radical (unpaired) electrons. The molecule has 1 heterocycles. The molecule has 18 heavy (non-hydrogen) atoms. The molecular weight excluding hydrogens is 269 g/mol. The zero-order valence-electron chi connectivity index (χ0n) is 10.7. The van der Waals surface area contributed by atoms with Gasteiger partial charge in [-0.2, -0.15) is 0 Å². The molecule has 1 saturated heterocycles. The number of halogens is 2. The van der Waals surface area contributed by atoms with Crippen molar-refractivity contribution in [2.45, 2.75) is 26.2 Å². The predicted molar refractivity (Wildman–Crippen MR) is 79.2 cm³/mol. The van der Waals surface area contributed by atoms with E-state index in [1.54, 1.807) is 0 Å². The van der Waals surface area contributed by atoms with Crippen LogP contribution in [-0.2, 0) is 6.42 Å². The molecule has 2 rings (SSSR count). The monoisotopic (exact) mass is 289 g/mol. The average molecular weight is 290 g/mol. The fourth-order valence-corrected chi connectivity index (χ4v) is 2.41. The van der Waals surface area contributed by atoms with Crippen molar-refractivity contribution in [3.8, 4) is 5.75 Å². The van der Waals surface area contributed by atoms with Gasteiger partial charge in [-0.05, 0) is 43.5 Å². The standard InChI is InChI=1S/C14H20ClNO.ClH/c1-2-11-5-6-14(13(15)8-11)17-10-12-4-3-7-16-9-12;/h5-6,8,12,16H,2-4,7,9-10H2,1H3;1H. The summed E-state index contributed by atoms with van der Waals surface area (Å²) in [6.45, 7) is 5.09.